The number of hydrogen-bond donors (Lipinski definition) is 2. The molecule has 1 rings (SSSR count). The van der Waals surface area contributed by atoms with Gasteiger partial charge in [-0.3, -0.25) is 0 Å². The maximum absolute atomic E-state index is 10.6. The smallest absolute Gasteiger partial charge is 0.338 e. The highest BCUT2D eigenvalue weighted by atomic mass is 32.2. The van der Waals surface area contributed by atoms with Gasteiger partial charge < -0.3 is 14.8 Å². The van der Waals surface area contributed by atoms with E-state index in [-0.39, 0.29) is 10.3 Å². The summed E-state index contributed by atoms with van der Waals surface area (Å²) in [4.78, 5) is 10.6. The summed E-state index contributed by atoms with van der Waals surface area (Å²) in [5, 5.41) is 11.9. The van der Waals surface area contributed by atoms with E-state index < -0.39 is 5.97 Å². The molecule has 4 nitrogen and oxygen atoms in total. The molecule has 1 aromatic heterocycles. The lowest BCUT2D eigenvalue weighted by molar-refractivity contribution is 0.0696. The van der Waals surface area contributed by atoms with Gasteiger partial charge >= 0.3 is 5.97 Å². The maximum Gasteiger partial charge on any atom is 0.338 e. The van der Waals surface area contributed by atoms with Crippen molar-refractivity contribution >= 4 is 17.7 Å². The lowest BCUT2D eigenvalue weighted by Gasteiger charge is -2.21. The second kappa shape index (κ2) is 5.41. The predicted molar refractivity (Wildman–Crippen MR) is 65.0 cm³/mol. The Balaban J connectivity index is 2.40. The van der Waals surface area contributed by atoms with Gasteiger partial charge in [-0.1, -0.05) is 0 Å². The van der Waals surface area contributed by atoms with Crippen molar-refractivity contribution in [2.24, 2.45) is 0 Å². The second-order valence-electron chi connectivity index (χ2n) is 4.17. The summed E-state index contributed by atoms with van der Waals surface area (Å²) in [7, 11) is 0. The zero-order valence-electron chi connectivity index (χ0n) is 9.74. The van der Waals surface area contributed by atoms with Crippen LogP contribution in [0.1, 0.15) is 30.0 Å². The Morgan fingerprint density at radius 3 is 2.81 bits per heavy atom. The average Bonchev–Trinajstić information content (AvgIpc) is 2.66. The number of carboxylic acids is 1. The SMILES string of the molecule is CSC(C)(C)CNCc1cc(C(=O)O)co1. The zero-order valence-corrected chi connectivity index (χ0v) is 10.6. The van der Waals surface area contributed by atoms with Crippen LogP contribution in [0.4, 0.5) is 0 Å². The number of thioether (sulfide) groups is 1. The number of nitrogens with one attached hydrogen (secondary N) is 1. The van der Waals surface area contributed by atoms with Crippen molar-refractivity contribution in [2.75, 3.05) is 12.8 Å². The minimum atomic E-state index is -0.959. The standard InChI is InChI=1S/C11H17NO3S/c1-11(2,16-3)7-12-5-9-4-8(6-15-9)10(13)14/h4,6,12H,5,7H2,1-3H3,(H,13,14). The van der Waals surface area contributed by atoms with E-state index in [9.17, 15) is 4.79 Å². The molecule has 0 fully saturated rings. The van der Waals surface area contributed by atoms with E-state index in [0.29, 0.717) is 12.3 Å². The van der Waals surface area contributed by atoms with Crippen molar-refractivity contribution in [3.63, 3.8) is 0 Å². The Kier molecular flexibility index (Phi) is 4.44. The van der Waals surface area contributed by atoms with Crippen LogP contribution in [-0.4, -0.2) is 28.6 Å². The van der Waals surface area contributed by atoms with Crippen LogP contribution in [0, 0.1) is 0 Å². The molecule has 0 aromatic carbocycles. The van der Waals surface area contributed by atoms with Crippen LogP contribution in [0.5, 0.6) is 0 Å². The van der Waals surface area contributed by atoms with Gasteiger partial charge in [-0.2, -0.15) is 11.8 Å². The minimum Gasteiger partial charge on any atom is -0.478 e. The molecule has 0 amide bonds. The highest BCUT2D eigenvalue weighted by molar-refractivity contribution is 7.99. The van der Waals surface area contributed by atoms with Crippen molar-refractivity contribution in [3.05, 3.63) is 23.7 Å². The van der Waals surface area contributed by atoms with Gasteiger partial charge in [0.1, 0.15) is 12.0 Å². The fourth-order valence-electron chi connectivity index (χ4n) is 1.14. The fourth-order valence-corrected chi connectivity index (χ4v) is 1.39. The van der Waals surface area contributed by atoms with Crippen LogP contribution in [0.15, 0.2) is 16.7 Å². The maximum atomic E-state index is 10.6. The molecule has 2 N–H and O–H groups in total. The summed E-state index contributed by atoms with van der Waals surface area (Å²) in [6, 6.07) is 1.54. The molecule has 90 valence electrons. The highest BCUT2D eigenvalue weighted by Crippen LogP contribution is 2.19. The van der Waals surface area contributed by atoms with Gasteiger partial charge in [0, 0.05) is 11.3 Å². The monoisotopic (exact) mass is 243 g/mol. The van der Waals surface area contributed by atoms with E-state index in [1.165, 1.54) is 6.26 Å². The number of hydrogen-bond acceptors (Lipinski definition) is 4. The molecule has 5 heteroatoms. The van der Waals surface area contributed by atoms with Crippen molar-refractivity contribution in [1.82, 2.24) is 5.32 Å². The summed E-state index contributed by atoms with van der Waals surface area (Å²) < 4.78 is 5.29. The number of aromatic carboxylic acids is 1. The summed E-state index contributed by atoms with van der Waals surface area (Å²) in [5.74, 6) is -0.311. The molecule has 0 saturated heterocycles. The number of furan rings is 1. The van der Waals surface area contributed by atoms with Crippen LogP contribution in [0.2, 0.25) is 0 Å². The van der Waals surface area contributed by atoms with Gasteiger partial charge in [0.05, 0.1) is 12.1 Å². The first kappa shape index (κ1) is 13.1. The Morgan fingerprint density at radius 2 is 2.31 bits per heavy atom. The van der Waals surface area contributed by atoms with Crippen molar-refractivity contribution < 1.29 is 14.3 Å². The van der Waals surface area contributed by atoms with Crippen LogP contribution in [0.25, 0.3) is 0 Å². The van der Waals surface area contributed by atoms with Crippen LogP contribution < -0.4 is 5.32 Å². The number of carboxylic acid groups (broad SMARTS) is 1. The number of carbonyl (C=O) groups is 1. The fraction of sp³-hybridized carbons (Fsp3) is 0.545. The molecule has 0 bridgehead atoms. The molecular weight excluding hydrogens is 226 g/mol. The largest absolute Gasteiger partial charge is 0.478 e. The summed E-state index contributed by atoms with van der Waals surface area (Å²) in [6.07, 6.45) is 3.33. The molecule has 0 atom stereocenters. The van der Waals surface area contributed by atoms with E-state index >= 15 is 0 Å². The highest BCUT2D eigenvalue weighted by Gasteiger charge is 2.15. The molecule has 0 unspecified atom stereocenters. The molecule has 0 aliphatic heterocycles. The lowest BCUT2D eigenvalue weighted by Crippen LogP contribution is -2.31. The van der Waals surface area contributed by atoms with E-state index in [1.54, 1.807) is 17.8 Å². The lowest BCUT2D eigenvalue weighted by atomic mass is 10.2. The second-order valence-corrected chi connectivity index (χ2v) is 5.69. The van der Waals surface area contributed by atoms with Crippen molar-refractivity contribution in [2.45, 2.75) is 25.1 Å². The first-order valence-electron chi connectivity index (χ1n) is 5.01. The first-order valence-corrected chi connectivity index (χ1v) is 6.23. The molecule has 0 saturated carbocycles. The van der Waals surface area contributed by atoms with Gasteiger partial charge in [-0.15, -0.1) is 0 Å². The third-order valence-electron chi connectivity index (χ3n) is 2.30. The summed E-state index contributed by atoms with van der Waals surface area (Å²) in [6.45, 7) is 5.69. The molecule has 0 spiro atoms. The van der Waals surface area contributed by atoms with E-state index in [2.05, 4.69) is 25.4 Å². The van der Waals surface area contributed by atoms with Crippen LogP contribution >= 0.6 is 11.8 Å². The van der Waals surface area contributed by atoms with Crippen LogP contribution in [-0.2, 0) is 6.54 Å². The van der Waals surface area contributed by atoms with Crippen LogP contribution in [0.3, 0.4) is 0 Å². The molecule has 0 aliphatic carbocycles. The number of rotatable bonds is 6. The third-order valence-corrected chi connectivity index (χ3v) is 3.55. The van der Waals surface area contributed by atoms with E-state index in [1.807, 2.05) is 0 Å². The molecule has 16 heavy (non-hydrogen) atoms. The normalized spacial score (nSPS) is 11.7. The summed E-state index contributed by atoms with van der Waals surface area (Å²) >= 11 is 1.79. The van der Waals surface area contributed by atoms with E-state index in [4.69, 9.17) is 9.52 Å². The molecule has 1 heterocycles. The Bertz CT molecular complexity index is 360. The topological polar surface area (TPSA) is 62.5 Å². The van der Waals surface area contributed by atoms with Gasteiger partial charge in [0.25, 0.3) is 0 Å². The van der Waals surface area contributed by atoms with Crippen molar-refractivity contribution in [3.8, 4) is 0 Å². The van der Waals surface area contributed by atoms with Gasteiger partial charge in [0.15, 0.2) is 0 Å². The minimum absolute atomic E-state index is 0.169. The first-order chi connectivity index (χ1) is 7.44. The van der Waals surface area contributed by atoms with Crippen molar-refractivity contribution in [1.29, 1.82) is 0 Å². The van der Waals surface area contributed by atoms with E-state index in [0.717, 1.165) is 6.54 Å². The Hall–Kier alpha value is -0.940. The quantitative estimate of drug-likeness (QED) is 0.802. The average molecular weight is 243 g/mol. The summed E-state index contributed by atoms with van der Waals surface area (Å²) in [5.41, 5.74) is 0.195. The van der Waals surface area contributed by atoms with Gasteiger partial charge in [0.2, 0.25) is 0 Å². The predicted octanol–water partition coefficient (Wildman–Crippen LogP) is 2.21. The molecule has 0 radical (unpaired) electrons. The molecule has 0 aliphatic rings. The molecular formula is C11H17NO3S. The molecule has 1 aromatic rings. The van der Waals surface area contributed by atoms with Gasteiger partial charge in [-0.25, -0.2) is 4.79 Å². The Morgan fingerprint density at radius 1 is 1.62 bits per heavy atom. The third kappa shape index (κ3) is 3.90. The van der Waals surface area contributed by atoms with Gasteiger partial charge in [-0.05, 0) is 26.2 Å². The zero-order chi connectivity index (χ0) is 12.2. The Labute approximate surface area is 99.4 Å².